The molecular formula is C38H47ClF3N5O5S. The Balaban J connectivity index is 1.41. The van der Waals surface area contributed by atoms with Crippen LogP contribution in [0.3, 0.4) is 0 Å². The van der Waals surface area contributed by atoms with Gasteiger partial charge in [-0.25, -0.2) is 26.3 Å². The summed E-state index contributed by atoms with van der Waals surface area (Å²) in [4.78, 5) is 35.3. The minimum absolute atomic E-state index is 0.0231. The third-order valence-electron chi connectivity index (χ3n) is 11.9. The lowest BCUT2D eigenvalue weighted by Crippen LogP contribution is -2.60. The van der Waals surface area contributed by atoms with Crippen LogP contribution in [-0.4, -0.2) is 105 Å². The summed E-state index contributed by atoms with van der Waals surface area (Å²) in [5.74, 6) is -4.88. The zero-order chi connectivity index (χ0) is 37.9. The Bertz CT molecular complexity index is 1920. The molecule has 2 aromatic rings. The number of fused-ring (bicyclic) bond motifs is 1. The second-order valence-electron chi connectivity index (χ2n) is 15.5. The van der Waals surface area contributed by atoms with Gasteiger partial charge < -0.3 is 14.5 Å². The minimum Gasteiger partial charge on any atom is -0.487 e. The number of likely N-dealkylation sites (N-methyl/N-ethyl adjacent to an activating group) is 1. The van der Waals surface area contributed by atoms with Crippen molar-refractivity contribution in [3.63, 3.8) is 0 Å². The number of nitrogens with one attached hydrogen (secondary N) is 1. The SMILES string of the molecule is C[C@@H]1[C@@H](C)C/C=C(\F)[C@H](C(=O)N(C)CCN2CC(F)(F)C2)N2CCC[C@@]23CN2CCCCc4cc(Cl)cc3c4COc3ccc(cc32)C(=O)NS1(=O)=O. The molecule has 0 aliphatic carbocycles. The fourth-order valence-corrected chi connectivity index (χ4v) is 10.2. The number of sulfonamides is 1. The highest BCUT2D eigenvalue weighted by Crippen LogP contribution is 2.49. The molecule has 7 bridgehead atoms. The fourth-order valence-electron chi connectivity index (χ4n) is 8.68. The van der Waals surface area contributed by atoms with E-state index in [1.807, 2.05) is 17.0 Å². The number of benzene rings is 2. The van der Waals surface area contributed by atoms with Crippen LogP contribution in [-0.2, 0) is 33.4 Å². The zero-order valence-electron chi connectivity index (χ0n) is 30.3. The lowest BCUT2D eigenvalue weighted by molar-refractivity contribution is -0.141. The van der Waals surface area contributed by atoms with Crippen LogP contribution >= 0.6 is 11.6 Å². The Kier molecular flexibility index (Phi) is 10.3. The number of rotatable bonds is 4. The number of hydrogen-bond acceptors (Lipinski definition) is 8. The standard InChI is InChI=1S/C38H47ClF3N5O5S/c1-24-8-10-31(40)34(36(49)44(3)15-16-45-22-38(41,42)23-45)47-14-6-12-37(47)21-46-13-5-4-7-26-17-28(39)19-30(37)29(26)20-52-33-11-9-27(18-32(33)46)35(48)43-53(50,51)25(24)2/h9-11,17-19,24-25,34H,4-8,12-16,20-23H2,1-3H3,(H,43,48)/b31-10-/t24-,25+,34+,37-/m0/s1. The number of carbonyl (C=O) groups is 2. The Morgan fingerprint density at radius 2 is 1.87 bits per heavy atom. The molecule has 4 atom stereocenters. The fraction of sp³-hybridized carbons (Fsp3) is 0.579. The molecule has 0 unspecified atom stereocenters. The van der Waals surface area contributed by atoms with E-state index in [4.69, 9.17) is 16.3 Å². The first-order valence-corrected chi connectivity index (χ1v) is 20.4. The van der Waals surface area contributed by atoms with Gasteiger partial charge in [0.25, 0.3) is 11.8 Å². The Morgan fingerprint density at radius 1 is 1.09 bits per heavy atom. The maximum absolute atomic E-state index is 17.2. The number of likely N-dealkylation sites (tertiary alicyclic amines) is 1. The topological polar surface area (TPSA) is 102 Å². The Hall–Kier alpha value is -3.33. The molecule has 2 saturated heterocycles. The second-order valence-corrected chi connectivity index (χ2v) is 18.0. The maximum atomic E-state index is 17.2. The molecule has 288 valence electrons. The summed E-state index contributed by atoms with van der Waals surface area (Å²) in [5.41, 5.74) is 2.61. The van der Waals surface area contributed by atoms with E-state index in [-0.39, 0.29) is 44.8 Å². The van der Waals surface area contributed by atoms with E-state index >= 15 is 4.39 Å². The predicted molar refractivity (Wildman–Crippen MR) is 197 cm³/mol. The molecule has 10 nitrogen and oxygen atoms in total. The van der Waals surface area contributed by atoms with Crippen molar-refractivity contribution in [1.29, 1.82) is 0 Å². The molecule has 5 heterocycles. The number of hydrogen-bond donors (Lipinski definition) is 1. The number of aryl methyl sites for hydroxylation is 1. The van der Waals surface area contributed by atoms with Crippen LogP contribution in [0.5, 0.6) is 5.75 Å². The van der Waals surface area contributed by atoms with Crippen molar-refractivity contribution in [3.05, 3.63) is 69.5 Å². The average molecular weight is 778 g/mol. The van der Waals surface area contributed by atoms with E-state index < -0.39 is 56.3 Å². The maximum Gasteiger partial charge on any atom is 0.272 e. The molecule has 2 amide bonds. The molecule has 0 radical (unpaired) electrons. The second kappa shape index (κ2) is 14.4. The lowest BCUT2D eigenvalue weighted by atomic mass is 9.79. The zero-order valence-corrected chi connectivity index (χ0v) is 31.9. The highest BCUT2D eigenvalue weighted by molar-refractivity contribution is 7.90. The Morgan fingerprint density at radius 3 is 2.62 bits per heavy atom. The molecule has 2 aromatic carbocycles. The first-order chi connectivity index (χ1) is 25.1. The molecule has 7 rings (SSSR count). The van der Waals surface area contributed by atoms with Gasteiger partial charge in [0.15, 0.2) is 0 Å². The molecule has 2 fully saturated rings. The number of ether oxygens (including phenoxy) is 1. The monoisotopic (exact) mass is 777 g/mol. The number of halogens is 4. The highest BCUT2D eigenvalue weighted by Gasteiger charge is 2.52. The van der Waals surface area contributed by atoms with Crippen molar-refractivity contribution in [2.24, 2.45) is 5.92 Å². The van der Waals surface area contributed by atoms with Crippen molar-refractivity contribution >= 4 is 39.1 Å². The van der Waals surface area contributed by atoms with Gasteiger partial charge in [0.2, 0.25) is 15.9 Å². The van der Waals surface area contributed by atoms with Gasteiger partial charge in [-0.1, -0.05) is 24.6 Å². The quantitative estimate of drug-likeness (QED) is 0.436. The van der Waals surface area contributed by atoms with Gasteiger partial charge in [0.1, 0.15) is 24.2 Å². The first kappa shape index (κ1) is 38.0. The summed E-state index contributed by atoms with van der Waals surface area (Å²) in [6.07, 6.45) is 4.82. The molecule has 1 spiro atoms. The summed E-state index contributed by atoms with van der Waals surface area (Å²) in [6.45, 7) is 4.07. The van der Waals surface area contributed by atoms with Crippen LogP contribution in [0.15, 0.2) is 42.2 Å². The summed E-state index contributed by atoms with van der Waals surface area (Å²) >= 11 is 6.88. The number of carbonyl (C=O) groups excluding carboxylic acids is 2. The van der Waals surface area contributed by atoms with Crippen molar-refractivity contribution in [2.45, 2.75) is 81.7 Å². The van der Waals surface area contributed by atoms with Gasteiger partial charge in [0.05, 0.1) is 29.6 Å². The van der Waals surface area contributed by atoms with Gasteiger partial charge >= 0.3 is 0 Å². The van der Waals surface area contributed by atoms with E-state index in [0.717, 1.165) is 36.0 Å². The van der Waals surface area contributed by atoms with E-state index in [0.29, 0.717) is 48.9 Å². The smallest absolute Gasteiger partial charge is 0.272 e. The van der Waals surface area contributed by atoms with E-state index in [2.05, 4.69) is 9.62 Å². The van der Waals surface area contributed by atoms with Gasteiger partial charge in [-0.3, -0.25) is 19.4 Å². The largest absolute Gasteiger partial charge is 0.487 e. The molecular weight excluding hydrogens is 731 g/mol. The normalized spacial score (nSPS) is 29.6. The Labute approximate surface area is 314 Å². The third-order valence-corrected chi connectivity index (χ3v) is 14.0. The first-order valence-electron chi connectivity index (χ1n) is 18.5. The minimum atomic E-state index is -4.18. The van der Waals surface area contributed by atoms with Crippen LogP contribution in [0.2, 0.25) is 5.02 Å². The number of anilines is 1. The summed E-state index contributed by atoms with van der Waals surface area (Å²) in [5, 5.41) is -0.548. The summed E-state index contributed by atoms with van der Waals surface area (Å²) < 4.78 is 80.2. The molecule has 5 aliphatic rings. The number of alkyl halides is 2. The molecule has 15 heteroatoms. The lowest BCUT2D eigenvalue weighted by Gasteiger charge is -2.47. The van der Waals surface area contributed by atoms with Gasteiger partial charge in [-0.05, 0) is 98.4 Å². The van der Waals surface area contributed by atoms with Gasteiger partial charge in [-0.2, -0.15) is 0 Å². The number of amides is 2. The van der Waals surface area contributed by atoms with Crippen LogP contribution < -0.4 is 14.4 Å². The van der Waals surface area contributed by atoms with E-state index in [9.17, 15) is 26.8 Å². The van der Waals surface area contributed by atoms with Crippen LogP contribution in [0.1, 0.15) is 73.0 Å². The molecule has 0 aromatic heterocycles. The van der Waals surface area contributed by atoms with Gasteiger partial charge in [-0.15, -0.1) is 0 Å². The highest BCUT2D eigenvalue weighted by atomic mass is 35.5. The predicted octanol–water partition coefficient (Wildman–Crippen LogP) is 5.49. The van der Waals surface area contributed by atoms with Crippen molar-refractivity contribution < 1.29 is 35.9 Å². The molecule has 53 heavy (non-hydrogen) atoms. The summed E-state index contributed by atoms with van der Waals surface area (Å²) in [7, 11) is -2.62. The van der Waals surface area contributed by atoms with Crippen molar-refractivity contribution in [2.75, 3.05) is 57.8 Å². The van der Waals surface area contributed by atoms with Crippen molar-refractivity contribution in [1.82, 2.24) is 19.4 Å². The molecule has 5 aliphatic heterocycles. The van der Waals surface area contributed by atoms with Crippen LogP contribution in [0, 0.1) is 5.92 Å². The number of nitrogens with zero attached hydrogens (tertiary/aromatic N) is 4. The van der Waals surface area contributed by atoms with Crippen LogP contribution in [0.4, 0.5) is 18.9 Å². The van der Waals surface area contributed by atoms with Crippen LogP contribution in [0.25, 0.3) is 0 Å². The average Bonchev–Trinajstić information content (AvgIpc) is 3.51. The van der Waals surface area contributed by atoms with E-state index in [1.165, 1.54) is 17.9 Å². The third kappa shape index (κ3) is 7.28. The molecule has 0 saturated carbocycles. The van der Waals surface area contributed by atoms with Gasteiger partial charge in [0, 0.05) is 50.4 Å². The van der Waals surface area contributed by atoms with Crippen molar-refractivity contribution in [3.8, 4) is 5.75 Å². The van der Waals surface area contributed by atoms with E-state index in [1.54, 1.807) is 37.1 Å². The number of allylic oxidation sites excluding steroid dienone is 1. The molecule has 1 N–H and O–H groups in total. The summed E-state index contributed by atoms with van der Waals surface area (Å²) in [6, 6.07) is 7.39.